The van der Waals surface area contributed by atoms with Gasteiger partial charge in [-0.2, -0.15) is 0 Å². The fourth-order valence-corrected chi connectivity index (χ4v) is 2.59. The van der Waals surface area contributed by atoms with Crippen LogP contribution in [0.3, 0.4) is 0 Å². The molecule has 1 heterocycles. The van der Waals surface area contributed by atoms with Gasteiger partial charge in [0.2, 0.25) is 0 Å². The van der Waals surface area contributed by atoms with E-state index in [1.807, 2.05) is 0 Å². The Balaban J connectivity index is 2.19. The molecule has 0 bridgehead atoms. The van der Waals surface area contributed by atoms with E-state index in [1.165, 1.54) is 29.5 Å². The molecule has 88 valence electrons. The van der Waals surface area contributed by atoms with Gasteiger partial charge in [0, 0.05) is 6.04 Å². The minimum Gasteiger partial charge on any atom is -0.324 e. The zero-order valence-electron chi connectivity index (χ0n) is 10.3. The molecule has 1 aliphatic rings. The van der Waals surface area contributed by atoms with Crippen molar-refractivity contribution in [2.24, 2.45) is 11.7 Å². The van der Waals surface area contributed by atoms with Crippen LogP contribution in [0.15, 0.2) is 18.2 Å². The highest BCUT2D eigenvalue weighted by Crippen LogP contribution is 2.29. The number of rotatable bonds is 2. The van der Waals surface area contributed by atoms with Crippen molar-refractivity contribution in [1.82, 2.24) is 5.32 Å². The van der Waals surface area contributed by atoms with Crippen LogP contribution in [0.2, 0.25) is 0 Å². The first kappa shape index (κ1) is 11.6. The Morgan fingerprint density at radius 3 is 2.62 bits per heavy atom. The van der Waals surface area contributed by atoms with Crippen molar-refractivity contribution < 1.29 is 0 Å². The summed E-state index contributed by atoms with van der Waals surface area (Å²) in [6, 6.07) is 6.68. The highest BCUT2D eigenvalue weighted by Gasteiger charge is 2.22. The van der Waals surface area contributed by atoms with Crippen LogP contribution in [0.25, 0.3) is 0 Å². The van der Waals surface area contributed by atoms with E-state index in [0.717, 1.165) is 13.1 Å². The minimum atomic E-state index is 0.210. The van der Waals surface area contributed by atoms with Crippen LogP contribution in [-0.2, 0) is 0 Å². The van der Waals surface area contributed by atoms with E-state index in [9.17, 15) is 0 Å². The van der Waals surface area contributed by atoms with Gasteiger partial charge in [0.25, 0.3) is 0 Å². The Hall–Kier alpha value is -0.860. The van der Waals surface area contributed by atoms with Crippen molar-refractivity contribution in [3.05, 3.63) is 34.9 Å². The van der Waals surface area contributed by atoms with Gasteiger partial charge in [-0.05, 0) is 62.4 Å². The quantitative estimate of drug-likeness (QED) is 0.799. The Morgan fingerprint density at radius 2 is 1.94 bits per heavy atom. The second kappa shape index (κ2) is 4.98. The number of nitrogens with two attached hydrogens (primary N) is 1. The van der Waals surface area contributed by atoms with E-state index in [-0.39, 0.29) is 6.04 Å². The average molecular weight is 218 g/mol. The molecular formula is C14H22N2. The Kier molecular flexibility index (Phi) is 3.62. The van der Waals surface area contributed by atoms with Gasteiger partial charge in [0.1, 0.15) is 0 Å². The van der Waals surface area contributed by atoms with Crippen LogP contribution in [0.4, 0.5) is 0 Å². The first-order chi connectivity index (χ1) is 7.70. The maximum absolute atomic E-state index is 6.41. The van der Waals surface area contributed by atoms with Crippen molar-refractivity contribution in [1.29, 1.82) is 0 Å². The van der Waals surface area contributed by atoms with Crippen LogP contribution in [0.1, 0.15) is 35.6 Å². The molecule has 1 fully saturated rings. The molecule has 2 heteroatoms. The second-order valence-corrected chi connectivity index (χ2v) is 4.90. The van der Waals surface area contributed by atoms with Gasteiger partial charge in [0.05, 0.1) is 0 Å². The largest absolute Gasteiger partial charge is 0.324 e. The third-order valence-electron chi connectivity index (χ3n) is 3.90. The van der Waals surface area contributed by atoms with Gasteiger partial charge >= 0.3 is 0 Å². The molecule has 1 aromatic rings. The van der Waals surface area contributed by atoms with Crippen LogP contribution in [-0.4, -0.2) is 13.1 Å². The van der Waals surface area contributed by atoms with Crippen molar-refractivity contribution in [2.75, 3.05) is 13.1 Å². The summed E-state index contributed by atoms with van der Waals surface area (Å²) in [4.78, 5) is 0. The molecule has 1 aliphatic heterocycles. The molecule has 1 atom stereocenters. The third-order valence-corrected chi connectivity index (χ3v) is 3.90. The maximum atomic E-state index is 6.41. The van der Waals surface area contributed by atoms with E-state index in [4.69, 9.17) is 5.73 Å². The zero-order valence-corrected chi connectivity index (χ0v) is 10.3. The highest BCUT2D eigenvalue weighted by molar-refractivity contribution is 5.35. The average Bonchev–Trinajstić information content (AvgIpc) is 2.33. The fourth-order valence-electron chi connectivity index (χ4n) is 2.59. The predicted octanol–water partition coefficient (Wildman–Crippen LogP) is 2.30. The summed E-state index contributed by atoms with van der Waals surface area (Å²) in [5.74, 6) is 0.641. The first-order valence-corrected chi connectivity index (χ1v) is 6.22. The molecule has 0 amide bonds. The lowest BCUT2D eigenvalue weighted by molar-refractivity contribution is 0.321. The van der Waals surface area contributed by atoms with Crippen LogP contribution in [0, 0.1) is 19.8 Å². The van der Waals surface area contributed by atoms with E-state index < -0.39 is 0 Å². The van der Waals surface area contributed by atoms with Crippen molar-refractivity contribution in [2.45, 2.75) is 32.7 Å². The fraction of sp³-hybridized carbons (Fsp3) is 0.571. The SMILES string of the molecule is Cc1cccc([C@H](N)C2CCNCC2)c1C. The lowest BCUT2D eigenvalue weighted by atomic mass is 9.84. The summed E-state index contributed by atoms with van der Waals surface area (Å²) >= 11 is 0. The summed E-state index contributed by atoms with van der Waals surface area (Å²) in [6.45, 7) is 6.58. The number of hydrogen-bond donors (Lipinski definition) is 2. The molecule has 0 saturated carbocycles. The zero-order chi connectivity index (χ0) is 11.5. The molecule has 0 aliphatic carbocycles. The van der Waals surface area contributed by atoms with Gasteiger partial charge in [-0.15, -0.1) is 0 Å². The van der Waals surface area contributed by atoms with Crippen LogP contribution in [0.5, 0.6) is 0 Å². The van der Waals surface area contributed by atoms with Gasteiger partial charge < -0.3 is 11.1 Å². The predicted molar refractivity (Wildman–Crippen MR) is 68.4 cm³/mol. The smallest absolute Gasteiger partial charge is 0.0327 e. The molecule has 0 spiro atoms. The second-order valence-electron chi connectivity index (χ2n) is 4.90. The molecule has 0 aromatic heterocycles. The first-order valence-electron chi connectivity index (χ1n) is 6.22. The topological polar surface area (TPSA) is 38.0 Å². The van der Waals surface area contributed by atoms with Crippen molar-refractivity contribution in [3.63, 3.8) is 0 Å². The molecule has 3 N–H and O–H groups in total. The minimum absolute atomic E-state index is 0.210. The summed E-state index contributed by atoms with van der Waals surface area (Å²) in [5.41, 5.74) is 10.5. The normalized spacial score (nSPS) is 19.7. The Bertz CT molecular complexity index is 354. The Morgan fingerprint density at radius 1 is 1.25 bits per heavy atom. The summed E-state index contributed by atoms with van der Waals surface area (Å²) in [6.07, 6.45) is 2.41. The van der Waals surface area contributed by atoms with Gasteiger partial charge in [-0.3, -0.25) is 0 Å². The molecule has 16 heavy (non-hydrogen) atoms. The summed E-state index contributed by atoms with van der Waals surface area (Å²) in [7, 11) is 0. The van der Waals surface area contributed by atoms with Gasteiger partial charge in [-0.25, -0.2) is 0 Å². The molecular weight excluding hydrogens is 196 g/mol. The van der Waals surface area contributed by atoms with E-state index in [1.54, 1.807) is 0 Å². The molecule has 1 aromatic carbocycles. The Labute approximate surface area is 98.2 Å². The third kappa shape index (κ3) is 2.28. The number of nitrogens with one attached hydrogen (secondary N) is 1. The summed E-state index contributed by atoms with van der Waals surface area (Å²) in [5, 5.41) is 3.39. The monoisotopic (exact) mass is 218 g/mol. The molecule has 0 radical (unpaired) electrons. The lowest BCUT2D eigenvalue weighted by Crippen LogP contribution is -2.34. The number of piperidine rings is 1. The molecule has 2 nitrogen and oxygen atoms in total. The summed E-state index contributed by atoms with van der Waals surface area (Å²) < 4.78 is 0. The van der Waals surface area contributed by atoms with E-state index >= 15 is 0 Å². The molecule has 0 unspecified atom stereocenters. The standard InChI is InChI=1S/C14H22N2/c1-10-4-3-5-13(11(10)2)14(15)12-6-8-16-9-7-12/h3-5,12,14,16H,6-9,15H2,1-2H3/t14-/m1/s1. The van der Waals surface area contributed by atoms with Crippen LogP contribution < -0.4 is 11.1 Å². The number of aryl methyl sites for hydroxylation is 1. The van der Waals surface area contributed by atoms with E-state index in [0.29, 0.717) is 5.92 Å². The molecule has 2 rings (SSSR count). The van der Waals surface area contributed by atoms with Crippen molar-refractivity contribution in [3.8, 4) is 0 Å². The van der Waals surface area contributed by atoms with E-state index in [2.05, 4.69) is 37.4 Å². The number of hydrogen-bond acceptors (Lipinski definition) is 2. The van der Waals surface area contributed by atoms with Crippen molar-refractivity contribution >= 4 is 0 Å². The highest BCUT2D eigenvalue weighted by atomic mass is 14.9. The lowest BCUT2D eigenvalue weighted by Gasteiger charge is -2.29. The number of benzene rings is 1. The van der Waals surface area contributed by atoms with Gasteiger partial charge in [-0.1, -0.05) is 18.2 Å². The van der Waals surface area contributed by atoms with Gasteiger partial charge in [0.15, 0.2) is 0 Å². The van der Waals surface area contributed by atoms with Crippen LogP contribution >= 0.6 is 0 Å². The molecule has 1 saturated heterocycles. The maximum Gasteiger partial charge on any atom is 0.0327 e.